The standard InChI is InChI=1S/C16H24N2O3/c1-12-4-2-3-5-15(12)21-11-10-20-14-8-6-13(7-9-14)16(19)18-17/h6-9,12,15H,2-5,10-11,17H2,1H3,(H,18,19). The Bertz CT molecular complexity index is 447. The zero-order chi connectivity index (χ0) is 15.1. The maximum atomic E-state index is 11.3. The molecule has 0 aliphatic heterocycles. The molecule has 0 spiro atoms. The highest BCUT2D eigenvalue weighted by Gasteiger charge is 2.21. The molecule has 5 nitrogen and oxygen atoms in total. The molecule has 5 heteroatoms. The number of nitrogens with one attached hydrogen (secondary N) is 1. The van der Waals surface area contributed by atoms with Gasteiger partial charge in [-0.25, -0.2) is 5.84 Å². The van der Waals surface area contributed by atoms with Crippen molar-refractivity contribution < 1.29 is 14.3 Å². The Kier molecular flexibility index (Phi) is 6.02. The van der Waals surface area contributed by atoms with E-state index in [4.69, 9.17) is 15.3 Å². The molecule has 1 aliphatic rings. The van der Waals surface area contributed by atoms with Crippen molar-refractivity contribution in [1.82, 2.24) is 5.43 Å². The van der Waals surface area contributed by atoms with E-state index in [0.717, 1.165) is 12.2 Å². The minimum atomic E-state index is -0.309. The van der Waals surface area contributed by atoms with Gasteiger partial charge in [-0.15, -0.1) is 0 Å². The zero-order valence-electron chi connectivity index (χ0n) is 12.5. The highest BCUT2D eigenvalue weighted by molar-refractivity contribution is 5.93. The van der Waals surface area contributed by atoms with E-state index >= 15 is 0 Å². The molecule has 1 aromatic rings. The second-order valence-electron chi connectivity index (χ2n) is 5.52. The predicted octanol–water partition coefficient (Wildman–Crippen LogP) is 2.26. The summed E-state index contributed by atoms with van der Waals surface area (Å²) in [4.78, 5) is 11.3. The lowest BCUT2D eigenvalue weighted by Gasteiger charge is -2.28. The minimum Gasteiger partial charge on any atom is -0.491 e. The summed E-state index contributed by atoms with van der Waals surface area (Å²) < 4.78 is 11.5. The van der Waals surface area contributed by atoms with Crippen LogP contribution in [0.15, 0.2) is 24.3 Å². The molecule has 2 rings (SSSR count). The van der Waals surface area contributed by atoms with E-state index in [1.807, 2.05) is 0 Å². The molecule has 21 heavy (non-hydrogen) atoms. The normalized spacial score (nSPS) is 21.8. The van der Waals surface area contributed by atoms with Crippen LogP contribution in [0.5, 0.6) is 5.75 Å². The molecule has 0 radical (unpaired) electrons. The third-order valence-electron chi connectivity index (χ3n) is 3.96. The van der Waals surface area contributed by atoms with Crippen LogP contribution < -0.4 is 16.0 Å². The van der Waals surface area contributed by atoms with E-state index in [-0.39, 0.29) is 5.91 Å². The minimum absolute atomic E-state index is 0.309. The van der Waals surface area contributed by atoms with Crippen LogP contribution in [0.2, 0.25) is 0 Å². The van der Waals surface area contributed by atoms with Crippen LogP contribution in [-0.4, -0.2) is 25.2 Å². The van der Waals surface area contributed by atoms with Crippen LogP contribution in [0.25, 0.3) is 0 Å². The molecule has 0 heterocycles. The Morgan fingerprint density at radius 3 is 2.62 bits per heavy atom. The summed E-state index contributed by atoms with van der Waals surface area (Å²) in [5.74, 6) is 6.14. The highest BCUT2D eigenvalue weighted by atomic mass is 16.5. The number of hydrogen-bond acceptors (Lipinski definition) is 4. The Labute approximate surface area is 125 Å². The zero-order valence-corrected chi connectivity index (χ0v) is 12.5. The molecule has 3 N–H and O–H groups in total. The smallest absolute Gasteiger partial charge is 0.265 e. The molecular weight excluding hydrogens is 268 g/mol. The lowest BCUT2D eigenvalue weighted by molar-refractivity contribution is -0.0165. The summed E-state index contributed by atoms with van der Waals surface area (Å²) in [7, 11) is 0. The number of rotatable bonds is 6. The molecule has 1 aliphatic carbocycles. The number of benzene rings is 1. The summed E-state index contributed by atoms with van der Waals surface area (Å²) in [5, 5.41) is 0. The second-order valence-corrected chi connectivity index (χ2v) is 5.52. The predicted molar refractivity (Wildman–Crippen MR) is 81.0 cm³/mol. The fourth-order valence-electron chi connectivity index (χ4n) is 2.67. The Hall–Kier alpha value is -1.59. The molecule has 0 aromatic heterocycles. The Morgan fingerprint density at radius 1 is 1.24 bits per heavy atom. The number of ether oxygens (including phenoxy) is 2. The molecule has 2 atom stereocenters. The molecule has 1 amide bonds. The van der Waals surface area contributed by atoms with Crippen LogP contribution in [-0.2, 0) is 4.74 Å². The van der Waals surface area contributed by atoms with Crippen LogP contribution in [0, 0.1) is 5.92 Å². The Balaban J connectivity index is 1.69. The first-order chi connectivity index (χ1) is 10.2. The van der Waals surface area contributed by atoms with E-state index in [2.05, 4.69) is 12.3 Å². The average molecular weight is 292 g/mol. The fourth-order valence-corrected chi connectivity index (χ4v) is 2.67. The van der Waals surface area contributed by atoms with Crippen molar-refractivity contribution in [2.75, 3.05) is 13.2 Å². The largest absolute Gasteiger partial charge is 0.491 e. The van der Waals surface area contributed by atoms with Gasteiger partial charge in [0, 0.05) is 5.56 Å². The van der Waals surface area contributed by atoms with Gasteiger partial charge in [0.25, 0.3) is 5.91 Å². The first-order valence-corrected chi connectivity index (χ1v) is 7.56. The van der Waals surface area contributed by atoms with Gasteiger partial charge in [0.1, 0.15) is 12.4 Å². The van der Waals surface area contributed by atoms with E-state index in [1.54, 1.807) is 24.3 Å². The van der Waals surface area contributed by atoms with Gasteiger partial charge in [0.15, 0.2) is 0 Å². The summed E-state index contributed by atoms with van der Waals surface area (Å²) >= 11 is 0. The monoisotopic (exact) mass is 292 g/mol. The van der Waals surface area contributed by atoms with Crippen molar-refractivity contribution in [2.24, 2.45) is 11.8 Å². The van der Waals surface area contributed by atoms with Gasteiger partial charge in [-0.1, -0.05) is 19.8 Å². The highest BCUT2D eigenvalue weighted by Crippen LogP contribution is 2.26. The molecule has 1 saturated carbocycles. The number of nitrogen functional groups attached to an aromatic ring is 1. The van der Waals surface area contributed by atoms with E-state index in [0.29, 0.717) is 30.8 Å². The van der Waals surface area contributed by atoms with Gasteiger partial charge >= 0.3 is 0 Å². The molecule has 0 saturated heterocycles. The van der Waals surface area contributed by atoms with Crippen molar-refractivity contribution in [1.29, 1.82) is 0 Å². The maximum absolute atomic E-state index is 11.3. The molecule has 1 fully saturated rings. The third-order valence-corrected chi connectivity index (χ3v) is 3.96. The summed E-state index contributed by atoms with van der Waals surface area (Å²) in [5.41, 5.74) is 2.60. The van der Waals surface area contributed by atoms with Crippen LogP contribution in [0.4, 0.5) is 0 Å². The summed E-state index contributed by atoms with van der Waals surface area (Å²) in [6, 6.07) is 6.88. The van der Waals surface area contributed by atoms with Crippen LogP contribution in [0.1, 0.15) is 43.0 Å². The molecular formula is C16H24N2O3. The first-order valence-electron chi connectivity index (χ1n) is 7.56. The fraction of sp³-hybridized carbons (Fsp3) is 0.562. The number of amides is 1. The van der Waals surface area contributed by atoms with Gasteiger partial charge in [0.2, 0.25) is 0 Å². The van der Waals surface area contributed by atoms with Crippen molar-refractivity contribution in [3.8, 4) is 5.75 Å². The quantitative estimate of drug-likeness (QED) is 0.365. The third kappa shape index (κ3) is 4.72. The van der Waals surface area contributed by atoms with Crippen molar-refractivity contribution in [2.45, 2.75) is 38.7 Å². The number of nitrogens with two attached hydrogens (primary N) is 1. The van der Waals surface area contributed by atoms with E-state index in [1.165, 1.54) is 19.3 Å². The molecule has 116 valence electrons. The molecule has 0 bridgehead atoms. The van der Waals surface area contributed by atoms with Crippen molar-refractivity contribution in [3.05, 3.63) is 29.8 Å². The van der Waals surface area contributed by atoms with Crippen LogP contribution >= 0.6 is 0 Å². The maximum Gasteiger partial charge on any atom is 0.265 e. The summed E-state index contributed by atoms with van der Waals surface area (Å²) in [6.07, 6.45) is 5.37. The SMILES string of the molecule is CC1CCCCC1OCCOc1ccc(C(=O)NN)cc1. The summed E-state index contributed by atoms with van der Waals surface area (Å²) in [6.45, 7) is 3.37. The van der Waals surface area contributed by atoms with Gasteiger partial charge in [0.05, 0.1) is 12.7 Å². The van der Waals surface area contributed by atoms with Crippen molar-refractivity contribution >= 4 is 5.91 Å². The van der Waals surface area contributed by atoms with Crippen molar-refractivity contribution in [3.63, 3.8) is 0 Å². The van der Waals surface area contributed by atoms with Gasteiger partial charge in [-0.2, -0.15) is 0 Å². The number of hydrogen-bond donors (Lipinski definition) is 2. The number of carbonyl (C=O) groups is 1. The number of carbonyl (C=O) groups excluding carboxylic acids is 1. The van der Waals surface area contributed by atoms with E-state index < -0.39 is 0 Å². The first kappa shape index (κ1) is 15.8. The Morgan fingerprint density at radius 2 is 1.95 bits per heavy atom. The lowest BCUT2D eigenvalue weighted by Crippen LogP contribution is -2.29. The van der Waals surface area contributed by atoms with E-state index in [9.17, 15) is 4.79 Å². The molecule has 2 unspecified atom stereocenters. The van der Waals surface area contributed by atoms with Gasteiger partial charge in [-0.05, 0) is 43.0 Å². The van der Waals surface area contributed by atoms with Gasteiger partial charge < -0.3 is 9.47 Å². The lowest BCUT2D eigenvalue weighted by atomic mass is 9.88. The number of hydrazine groups is 1. The second kappa shape index (κ2) is 8.00. The topological polar surface area (TPSA) is 73.6 Å². The van der Waals surface area contributed by atoms with Gasteiger partial charge in [-0.3, -0.25) is 10.2 Å². The average Bonchev–Trinajstić information content (AvgIpc) is 2.53. The molecule has 1 aromatic carbocycles. The van der Waals surface area contributed by atoms with Crippen LogP contribution in [0.3, 0.4) is 0 Å².